The Morgan fingerprint density at radius 1 is 1.47 bits per heavy atom. The normalized spacial score (nSPS) is 10.1. The molecule has 0 bridgehead atoms. The molecule has 1 heterocycles. The molecule has 1 aromatic heterocycles. The van der Waals surface area contributed by atoms with Gasteiger partial charge in [0.1, 0.15) is 6.54 Å². The number of aromatic nitrogens is 2. The molecule has 17 heavy (non-hydrogen) atoms. The van der Waals surface area contributed by atoms with E-state index in [0.29, 0.717) is 17.9 Å². The van der Waals surface area contributed by atoms with Crippen molar-refractivity contribution in [3.8, 4) is 0 Å². The highest BCUT2D eigenvalue weighted by Gasteiger charge is 2.17. The number of carboxylic acid groups (broad SMARTS) is 1. The van der Waals surface area contributed by atoms with Crippen LogP contribution in [-0.2, 0) is 4.79 Å². The molecule has 0 aliphatic rings. The van der Waals surface area contributed by atoms with Crippen molar-refractivity contribution in [2.45, 2.75) is 20.8 Å². The highest BCUT2D eigenvalue weighted by Crippen LogP contribution is 2.16. The van der Waals surface area contributed by atoms with Crippen LogP contribution in [0, 0.1) is 13.8 Å². The third kappa shape index (κ3) is 3.20. The van der Waals surface area contributed by atoms with Crippen LogP contribution in [0.1, 0.15) is 18.3 Å². The molecule has 2 amide bonds. The van der Waals surface area contributed by atoms with Crippen LogP contribution in [0.2, 0.25) is 0 Å². The second kappa shape index (κ2) is 5.33. The fourth-order valence-corrected chi connectivity index (χ4v) is 1.41. The molecule has 0 radical (unpaired) electrons. The minimum atomic E-state index is -1.04. The number of likely N-dealkylation sites (N-methyl/N-ethyl adjacent to an activating group) is 1. The first-order valence-corrected chi connectivity index (χ1v) is 5.25. The van der Waals surface area contributed by atoms with E-state index in [9.17, 15) is 9.59 Å². The van der Waals surface area contributed by atoms with Crippen molar-refractivity contribution < 1.29 is 14.7 Å². The van der Waals surface area contributed by atoms with Crippen LogP contribution < -0.4 is 5.32 Å². The Hall–Kier alpha value is -2.05. The number of carbonyl (C=O) groups excluding carboxylic acids is 1. The maximum atomic E-state index is 11.8. The van der Waals surface area contributed by atoms with Crippen LogP contribution in [-0.4, -0.2) is 45.3 Å². The SMILES string of the molecule is CCN(CC(=O)O)C(=O)Nc1c(C)n[nH]c1C. The summed E-state index contributed by atoms with van der Waals surface area (Å²) in [5.74, 6) is -1.04. The number of carboxylic acids is 1. The predicted octanol–water partition coefficient (Wildman–Crippen LogP) is 0.965. The number of aromatic amines is 1. The summed E-state index contributed by atoms with van der Waals surface area (Å²) in [6.45, 7) is 5.26. The molecule has 0 aliphatic heterocycles. The summed E-state index contributed by atoms with van der Waals surface area (Å²) in [5.41, 5.74) is 2.00. The van der Waals surface area contributed by atoms with Crippen LogP contribution >= 0.6 is 0 Å². The van der Waals surface area contributed by atoms with Crippen LogP contribution in [0.5, 0.6) is 0 Å². The summed E-state index contributed by atoms with van der Waals surface area (Å²) in [5, 5.41) is 18.0. The van der Waals surface area contributed by atoms with E-state index in [-0.39, 0.29) is 6.54 Å². The van der Waals surface area contributed by atoms with E-state index in [1.54, 1.807) is 20.8 Å². The number of aliphatic carboxylic acids is 1. The number of H-pyrrole nitrogens is 1. The van der Waals surface area contributed by atoms with Crippen molar-refractivity contribution in [2.75, 3.05) is 18.4 Å². The largest absolute Gasteiger partial charge is 0.480 e. The Balaban J connectivity index is 2.74. The smallest absolute Gasteiger partial charge is 0.323 e. The molecule has 0 spiro atoms. The van der Waals surface area contributed by atoms with Gasteiger partial charge in [0.05, 0.1) is 17.1 Å². The molecule has 1 aromatic rings. The highest BCUT2D eigenvalue weighted by molar-refractivity contribution is 5.92. The van der Waals surface area contributed by atoms with Crippen molar-refractivity contribution in [1.82, 2.24) is 15.1 Å². The first kappa shape index (κ1) is 13.0. The van der Waals surface area contributed by atoms with Crippen LogP contribution in [0.4, 0.5) is 10.5 Å². The number of aryl methyl sites for hydroxylation is 2. The number of hydrogen-bond acceptors (Lipinski definition) is 3. The molecular weight excluding hydrogens is 224 g/mol. The van der Waals surface area contributed by atoms with Gasteiger partial charge in [0.25, 0.3) is 0 Å². The van der Waals surface area contributed by atoms with E-state index in [4.69, 9.17) is 5.11 Å². The van der Waals surface area contributed by atoms with Gasteiger partial charge in [0.15, 0.2) is 0 Å². The van der Waals surface area contributed by atoms with Crippen molar-refractivity contribution >= 4 is 17.7 Å². The minimum Gasteiger partial charge on any atom is -0.480 e. The van der Waals surface area contributed by atoms with E-state index in [0.717, 1.165) is 5.69 Å². The monoisotopic (exact) mass is 240 g/mol. The van der Waals surface area contributed by atoms with Gasteiger partial charge in [-0.1, -0.05) is 0 Å². The first-order chi connectivity index (χ1) is 7.95. The van der Waals surface area contributed by atoms with E-state index in [1.807, 2.05) is 0 Å². The zero-order valence-corrected chi connectivity index (χ0v) is 10.1. The molecule has 0 aromatic carbocycles. The number of nitrogens with one attached hydrogen (secondary N) is 2. The molecule has 7 nitrogen and oxygen atoms in total. The molecule has 7 heteroatoms. The number of rotatable bonds is 4. The molecule has 1 rings (SSSR count). The highest BCUT2D eigenvalue weighted by atomic mass is 16.4. The molecule has 0 aliphatic carbocycles. The van der Waals surface area contributed by atoms with Crippen LogP contribution in [0.15, 0.2) is 0 Å². The number of amides is 2. The second-order valence-corrected chi connectivity index (χ2v) is 3.65. The topological polar surface area (TPSA) is 98.3 Å². The fraction of sp³-hybridized carbons (Fsp3) is 0.500. The molecule has 0 saturated carbocycles. The van der Waals surface area contributed by atoms with Gasteiger partial charge in [0, 0.05) is 6.54 Å². The van der Waals surface area contributed by atoms with Gasteiger partial charge in [0.2, 0.25) is 0 Å². The van der Waals surface area contributed by atoms with Gasteiger partial charge in [-0.05, 0) is 20.8 Å². The average molecular weight is 240 g/mol. The summed E-state index contributed by atoms with van der Waals surface area (Å²) in [6.07, 6.45) is 0. The average Bonchev–Trinajstić information content (AvgIpc) is 2.57. The van der Waals surface area contributed by atoms with Crippen molar-refractivity contribution in [3.05, 3.63) is 11.4 Å². The maximum Gasteiger partial charge on any atom is 0.323 e. The molecule has 0 fully saturated rings. The minimum absolute atomic E-state index is 0.321. The predicted molar refractivity (Wildman–Crippen MR) is 62.0 cm³/mol. The third-order valence-corrected chi connectivity index (χ3v) is 2.36. The zero-order valence-electron chi connectivity index (χ0n) is 10.1. The fourth-order valence-electron chi connectivity index (χ4n) is 1.41. The van der Waals surface area contributed by atoms with Gasteiger partial charge < -0.3 is 15.3 Å². The summed E-state index contributed by atoms with van der Waals surface area (Å²) in [7, 11) is 0. The van der Waals surface area contributed by atoms with E-state index in [1.165, 1.54) is 4.90 Å². The lowest BCUT2D eigenvalue weighted by Crippen LogP contribution is -2.38. The quantitative estimate of drug-likeness (QED) is 0.730. The van der Waals surface area contributed by atoms with Gasteiger partial charge >= 0.3 is 12.0 Å². The van der Waals surface area contributed by atoms with Crippen molar-refractivity contribution in [1.29, 1.82) is 0 Å². The molecule has 94 valence electrons. The van der Waals surface area contributed by atoms with E-state index in [2.05, 4.69) is 15.5 Å². The summed E-state index contributed by atoms with van der Waals surface area (Å²) in [4.78, 5) is 23.6. The van der Waals surface area contributed by atoms with E-state index >= 15 is 0 Å². The van der Waals surface area contributed by atoms with E-state index < -0.39 is 12.0 Å². The number of carbonyl (C=O) groups is 2. The standard InChI is InChI=1S/C10H16N4O3/c1-4-14(5-8(15)16)10(17)11-9-6(2)12-13-7(9)3/h4-5H2,1-3H3,(H,11,17)(H,12,13)(H,15,16). The van der Waals surface area contributed by atoms with Crippen molar-refractivity contribution in [2.24, 2.45) is 0 Å². The second-order valence-electron chi connectivity index (χ2n) is 3.65. The maximum absolute atomic E-state index is 11.8. The lowest BCUT2D eigenvalue weighted by Gasteiger charge is -2.19. The number of hydrogen-bond donors (Lipinski definition) is 3. The summed E-state index contributed by atoms with van der Waals surface area (Å²) in [6, 6.07) is -0.442. The summed E-state index contributed by atoms with van der Waals surface area (Å²) >= 11 is 0. The van der Waals surface area contributed by atoms with Crippen molar-refractivity contribution in [3.63, 3.8) is 0 Å². The molecule has 3 N–H and O–H groups in total. The van der Waals surface area contributed by atoms with Gasteiger partial charge in [-0.15, -0.1) is 0 Å². The molecule has 0 saturated heterocycles. The molecule has 0 atom stereocenters. The number of nitrogens with zero attached hydrogens (tertiary/aromatic N) is 2. The van der Waals surface area contributed by atoms with Crippen LogP contribution in [0.3, 0.4) is 0 Å². The zero-order chi connectivity index (χ0) is 13.0. The Morgan fingerprint density at radius 2 is 2.12 bits per heavy atom. The first-order valence-electron chi connectivity index (χ1n) is 5.25. The summed E-state index contributed by atoms with van der Waals surface area (Å²) < 4.78 is 0. The Labute approximate surface area is 98.8 Å². The third-order valence-electron chi connectivity index (χ3n) is 2.36. The Kier molecular flexibility index (Phi) is 4.08. The van der Waals surface area contributed by atoms with Gasteiger partial charge in [-0.3, -0.25) is 9.89 Å². The molecular formula is C10H16N4O3. The Bertz CT molecular complexity index is 408. The molecule has 0 unspecified atom stereocenters. The number of urea groups is 1. The van der Waals surface area contributed by atoms with Gasteiger partial charge in [-0.2, -0.15) is 5.10 Å². The van der Waals surface area contributed by atoms with Gasteiger partial charge in [-0.25, -0.2) is 4.79 Å². The lowest BCUT2D eigenvalue weighted by molar-refractivity contribution is -0.137. The number of anilines is 1. The Morgan fingerprint density at radius 3 is 2.53 bits per heavy atom. The van der Waals surface area contributed by atoms with Crippen LogP contribution in [0.25, 0.3) is 0 Å². The lowest BCUT2D eigenvalue weighted by atomic mass is 10.3.